The third-order valence-electron chi connectivity index (χ3n) is 5.35. The lowest BCUT2D eigenvalue weighted by Crippen LogP contribution is -2.50. The van der Waals surface area contributed by atoms with E-state index in [-0.39, 0.29) is 11.3 Å². The molecule has 24 heavy (non-hydrogen) atoms. The van der Waals surface area contributed by atoms with Crippen molar-refractivity contribution in [3.8, 4) is 5.75 Å². The van der Waals surface area contributed by atoms with Gasteiger partial charge >= 0.3 is 5.97 Å². The van der Waals surface area contributed by atoms with Crippen molar-refractivity contribution in [3.05, 3.63) is 29.8 Å². The van der Waals surface area contributed by atoms with Crippen molar-refractivity contribution in [2.45, 2.75) is 49.6 Å². The summed E-state index contributed by atoms with van der Waals surface area (Å²) in [6.07, 6.45) is 4.22. The van der Waals surface area contributed by atoms with E-state index in [0.29, 0.717) is 19.4 Å². The molecule has 1 heterocycles. The fourth-order valence-corrected chi connectivity index (χ4v) is 3.75. The van der Waals surface area contributed by atoms with E-state index in [2.05, 4.69) is 16.7 Å². The Bertz CT molecular complexity index is 627. The molecule has 0 unspecified atom stereocenters. The van der Waals surface area contributed by atoms with Gasteiger partial charge in [0.15, 0.2) is 0 Å². The minimum Gasteiger partial charge on any atom is -0.496 e. The average Bonchev–Trinajstić information content (AvgIpc) is 3.04. The summed E-state index contributed by atoms with van der Waals surface area (Å²) in [6, 6.07) is 6.93. The molecular formula is C18H24N2O4. The van der Waals surface area contributed by atoms with E-state index in [1.807, 2.05) is 18.2 Å². The summed E-state index contributed by atoms with van der Waals surface area (Å²) in [5.41, 5.74) is 1.06. The van der Waals surface area contributed by atoms with Gasteiger partial charge in [0.1, 0.15) is 11.8 Å². The van der Waals surface area contributed by atoms with Crippen LogP contribution < -0.4 is 15.4 Å². The van der Waals surface area contributed by atoms with Crippen molar-refractivity contribution in [1.82, 2.24) is 10.6 Å². The molecule has 3 rings (SSSR count). The first-order chi connectivity index (χ1) is 11.6. The standard InChI is InChI=1S/C18H24N2O4/c1-24-15-6-3-2-5-12(15)18(9-4-10-18)11-19-16(21)13-7-8-14(20-13)17(22)23/h2-3,5-6,13-14,20H,4,7-11H2,1H3,(H,19,21)(H,22,23)/t13-,14+/m1/s1. The van der Waals surface area contributed by atoms with Gasteiger partial charge in [-0.15, -0.1) is 0 Å². The van der Waals surface area contributed by atoms with Gasteiger partial charge in [-0.25, -0.2) is 0 Å². The number of rotatable bonds is 6. The fourth-order valence-electron chi connectivity index (χ4n) is 3.75. The number of carboxylic acid groups (broad SMARTS) is 1. The monoisotopic (exact) mass is 332 g/mol. The zero-order chi connectivity index (χ0) is 17.2. The lowest BCUT2D eigenvalue weighted by molar-refractivity contribution is -0.139. The van der Waals surface area contributed by atoms with Crippen LogP contribution in [-0.2, 0) is 15.0 Å². The molecule has 2 atom stereocenters. The maximum Gasteiger partial charge on any atom is 0.320 e. The number of aliphatic carboxylic acids is 1. The molecule has 1 saturated heterocycles. The SMILES string of the molecule is COc1ccccc1C1(CNC(=O)[C@H]2CC[C@@H](C(=O)O)N2)CCC1. The number of ether oxygens (including phenoxy) is 1. The molecule has 130 valence electrons. The van der Waals surface area contributed by atoms with Gasteiger partial charge < -0.3 is 15.2 Å². The van der Waals surface area contributed by atoms with Crippen molar-refractivity contribution < 1.29 is 19.4 Å². The van der Waals surface area contributed by atoms with Crippen molar-refractivity contribution in [3.63, 3.8) is 0 Å². The number of hydrogen-bond acceptors (Lipinski definition) is 4. The molecule has 1 amide bonds. The molecule has 2 fully saturated rings. The summed E-state index contributed by atoms with van der Waals surface area (Å²) in [7, 11) is 1.66. The van der Waals surface area contributed by atoms with Crippen LogP contribution in [0.4, 0.5) is 0 Å². The zero-order valence-electron chi connectivity index (χ0n) is 13.9. The number of carbonyl (C=O) groups excluding carboxylic acids is 1. The second-order valence-corrected chi connectivity index (χ2v) is 6.74. The molecule has 6 heteroatoms. The van der Waals surface area contributed by atoms with E-state index >= 15 is 0 Å². The third-order valence-corrected chi connectivity index (χ3v) is 5.35. The molecule has 1 aliphatic heterocycles. The van der Waals surface area contributed by atoms with E-state index < -0.39 is 18.1 Å². The van der Waals surface area contributed by atoms with Gasteiger partial charge in [0.2, 0.25) is 5.91 Å². The van der Waals surface area contributed by atoms with E-state index in [0.717, 1.165) is 30.6 Å². The summed E-state index contributed by atoms with van der Waals surface area (Å²) in [5.74, 6) is -0.147. The second-order valence-electron chi connectivity index (χ2n) is 6.74. The largest absolute Gasteiger partial charge is 0.496 e. The normalized spacial score (nSPS) is 24.9. The van der Waals surface area contributed by atoms with Crippen LogP contribution in [0.15, 0.2) is 24.3 Å². The summed E-state index contributed by atoms with van der Waals surface area (Å²) in [4.78, 5) is 23.4. The maximum absolute atomic E-state index is 12.4. The van der Waals surface area contributed by atoms with Crippen LogP contribution in [0.1, 0.15) is 37.7 Å². The highest BCUT2D eigenvalue weighted by molar-refractivity contribution is 5.84. The Morgan fingerprint density at radius 3 is 2.58 bits per heavy atom. The van der Waals surface area contributed by atoms with Gasteiger partial charge in [-0.1, -0.05) is 24.6 Å². The molecule has 6 nitrogen and oxygen atoms in total. The molecule has 0 aromatic heterocycles. The Hall–Kier alpha value is -2.08. The zero-order valence-corrected chi connectivity index (χ0v) is 13.9. The lowest BCUT2D eigenvalue weighted by atomic mass is 9.64. The van der Waals surface area contributed by atoms with Crippen molar-refractivity contribution in [1.29, 1.82) is 0 Å². The molecule has 1 aromatic rings. The smallest absolute Gasteiger partial charge is 0.320 e. The molecule has 2 aliphatic rings. The molecular weight excluding hydrogens is 308 g/mol. The first kappa shape index (κ1) is 16.8. The average molecular weight is 332 g/mol. The number of nitrogens with one attached hydrogen (secondary N) is 2. The van der Waals surface area contributed by atoms with Gasteiger partial charge in [0, 0.05) is 17.5 Å². The van der Waals surface area contributed by atoms with Gasteiger partial charge in [-0.3, -0.25) is 14.9 Å². The van der Waals surface area contributed by atoms with Crippen LogP contribution in [0.2, 0.25) is 0 Å². The van der Waals surface area contributed by atoms with E-state index in [4.69, 9.17) is 9.84 Å². The van der Waals surface area contributed by atoms with Crippen molar-refractivity contribution in [2.75, 3.05) is 13.7 Å². The van der Waals surface area contributed by atoms with Crippen molar-refractivity contribution >= 4 is 11.9 Å². The number of carbonyl (C=O) groups is 2. The summed E-state index contributed by atoms with van der Waals surface area (Å²) in [6.45, 7) is 0.558. The number of benzene rings is 1. The Kier molecular flexibility index (Phi) is 4.76. The number of carboxylic acids is 1. The minimum absolute atomic E-state index is 0.0763. The summed E-state index contributed by atoms with van der Waals surface area (Å²) >= 11 is 0. The van der Waals surface area contributed by atoms with Crippen LogP contribution in [0.25, 0.3) is 0 Å². The molecule has 0 radical (unpaired) electrons. The second kappa shape index (κ2) is 6.81. The van der Waals surface area contributed by atoms with E-state index in [9.17, 15) is 9.59 Å². The molecule has 0 spiro atoms. The van der Waals surface area contributed by atoms with Gasteiger partial charge in [-0.2, -0.15) is 0 Å². The third kappa shape index (κ3) is 3.11. The predicted molar refractivity (Wildman–Crippen MR) is 89.1 cm³/mol. The lowest BCUT2D eigenvalue weighted by Gasteiger charge is -2.43. The Labute approximate surface area is 141 Å². The van der Waals surface area contributed by atoms with Crippen LogP contribution in [0.3, 0.4) is 0 Å². The van der Waals surface area contributed by atoms with Gasteiger partial charge in [0.05, 0.1) is 13.2 Å². The Morgan fingerprint density at radius 1 is 1.29 bits per heavy atom. The topological polar surface area (TPSA) is 87.7 Å². The fraction of sp³-hybridized carbons (Fsp3) is 0.556. The molecule has 1 saturated carbocycles. The number of para-hydroxylation sites is 1. The Balaban J connectivity index is 1.64. The first-order valence-electron chi connectivity index (χ1n) is 8.46. The van der Waals surface area contributed by atoms with Crippen molar-refractivity contribution in [2.24, 2.45) is 0 Å². The highest BCUT2D eigenvalue weighted by Gasteiger charge is 2.41. The van der Waals surface area contributed by atoms with Gasteiger partial charge in [0.25, 0.3) is 0 Å². The number of methoxy groups -OCH3 is 1. The number of amides is 1. The molecule has 0 bridgehead atoms. The van der Waals surface area contributed by atoms with E-state index in [1.54, 1.807) is 7.11 Å². The highest BCUT2D eigenvalue weighted by atomic mass is 16.5. The Morgan fingerprint density at radius 2 is 2.00 bits per heavy atom. The van der Waals surface area contributed by atoms with Crippen LogP contribution in [0, 0.1) is 0 Å². The quantitative estimate of drug-likeness (QED) is 0.734. The van der Waals surface area contributed by atoms with E-state index in [1.165, 1.54) is 0 Å². The van der Waals surface area contributed by atoms with Crippen LogP contribution >= 0.6 is 0 Å². The molecule has 1 aliphatic carbocycles. The highest BCUT2D eigenvalue weighted by Crippen LogP contribution is 2.46. The maximum atomic E-state index is 12.4. The van der Waals surface area contributed by atoms with Crippen LogP contribution in [-0.4, -0.2) is 42.7 Å². The minimum atomic E-state index is -0.894. The predicted octanol–water partition coefficient (Wildman–Crippen LogP) is 1.44. The molecule has 3 N–H and O–H groups in total. The van der Waals surface area contributed by atoms with Crippen LogP contribution in [0.5, 0.6) is 5.75 Å². The summed E-state index contributed by atoms with van der Waals surface area (Å²) in [5, 5.41) is 14.9. The molecule has 1 aromatic carbocycles. The number of hydrogen-bond donors (Lipinski definition) is 3. The van der Waals surface area contributed by atoms with Gasteiger partial charge in [-0.05, 0) is 31.7 Å². The summed E-state index contributed by atoms with van der Waals surface area (Å²) < 4.78 is 5.48. The first-order valence-corrected chi connectivity index (χ1v) is 8.46.